The molecule has 108 valence electrons. The van der Waals surface area contributed by atoms with Gasteiger partial charge in [0, 0.05) is 17.4 Å². The van der Waals surface area contributed by atoms with Crippen molar-refractivity contribution in [2.24, 2.45) is 5.92 Å². The van der Waals surface area contributed by atoms with E-state index in [1.165, 1.54) is 32.1 Å². The Hall–Kier alpha value is -1.55. The molecule has 1 saturated heterocycles. The van der Waals surface area contributed by atoms with Crippen LogP contribution in [-0.4, -0.2) is 29.9 Å². The Labute approximate surface area is 120 Å². The van der Waals surface area contributed by atoms with Crippen molar-refractivity contribution in [3.8, 4) is 0 Å². The second-order valence-electron chi connectivity index (χ2n) is 6.04. The summed E-state index contributed by atoms with van der Waals surface area (Å²) in [5, 5.41) is 2.94. The lowest BCUT2D eigenvalue weighted by Crippen LogP contribution is -2.39. The van der Waals surface area contributed by atoms with Crippen molar-refractivity contribution in [2.45, 2.75) is 38.1 Å². The summed E-state index contributed by atoms with van der Waals surface area (Å²) in [6.45, 7) is 1.58. The minimum atomic E-state index is 0.0711. The normalized spacial score (nSPS) is 26.2. The van der Waals surface area contributed by atoms with Gasteiger partial charge in [-0.25, -0.2) is 0 Å². The molecule has 2 atom stereocenters. The largest absolute Gasteiger partial charge is 0.399 e. The highest BCUT2D eigenvalue weighted by molar-refractivity contribution is 5.92. The van der Waals surface area contributed by atoms with E-state index in [0.717, 1.165) is 18.2 Å². The van der Waals surface area contributed by atoms with E-state index in [9.17, 15) is 4.79 Å². The predicted molar refractivity (Wildman–Crippen MR) is 81.4 cm³/mol. The number of nitrogens with two attached hydrogens (primary N) is 1. The van der Waals surface area contributed by atoms with Gasteiger partial charge in [0.05, 0.1) is 6.54 Å². The first-order valence-corrected chi connectivity index (χ1v) is 7.62. The van der Waals surface area contributed by atoms with Crippen LogP contribution in [0.1, 0.15) is 32.1 Å². The molecule has 3 rings (SSSR count). The number of hydrogen-bond donors (Lipinski definition) is 2. The lowest BCUT2D eigenvalue weighted by atomic mass is 9.85. The van der Waals surface area contributed by atoms with Crippen molar-refractivity contribution >= 4 is 17.3 Å². The Kier molecular flexibility index (Phi) is 3.92. The van der Waals surface area contributed by atoms with E-state index >= 15 is 0 Å². The number of likely N-dealkylation sites (tertiary alicyclic amines) is 1. The molecule has 1 heterocycles. The first-order valence-electron chi connectivity index (χ1n) is 7.62. The average molecular weight is 273 g/mol. The molecule has 0 bridgehead atoms. The fraction of sp³-hybridized carbons (Fsp3) is 0.562. The van der Waals surface area contributed by atoms with Crippen molar-refractivity contribution in [2.75, 3.05) is 24.1 Å². The first kappa shape index (κ1) is 13.4. The number of benzene rings is 1. The number of rotatable bonds is 3. The van der Waals surface area contributed by atoms with Gasteiger partial charge in [-0.1, -0.05) is 18.9 Å². The molecule has 20 heavy (non-hydrogen) atoms. The average Bonchev–Trinajstić information content (AvgIpc) is 2.82. The van der Waals surface area contributed by atoms with Crippen LogP contribution in [0.25, 0.3) is 0 Å². The highest BCUT2D eigenvalue weighted by Crippen LogP contribution is 2.35. The van der Waals surface area contributed by atoms with E-state index in [0.29, 0.717) is 18.3 Å². The van der Waals surface area contributed by atoms with Gasteiger partial charge in [0.25, 0.3) is 0 Å². The molecule has 3 N–H and O–H groups in total. The minimum absolute atomic E-state index is 0.0711. The standard InChI is InChI=1S/C16H23N3O/c17-13-5-3-6-14(10-13)18-16(20)11-19-9-8-12-4-1-2-7-15(12)19/h3,5-6,10,12,15H,1-2,4,7-9,11,17H2,(H,18,20). The fourth-order valence-corrected chi connectivity index (χ4v) is 3.70. The number of carbonyl (C=O) groups excluding carboxylic acids is 1. The molecule has 0 spiro atoms. The van der Waals surface area contributed by atoms with Gasteiger partial charge in [0.15, 0.2) is 0 Å². The lowest BCUT2D eigenvalue weighted by molar-refractivity contribution is -0.117. The first-order chi connectivity index (χ1) is 9.72. The van der Waals surface area contributed by atoms with Crippen molar-refractivity contribution in [3.05, 3.63) is 24.3 Å². The SMILES string of the molecule is Nc1cccc(NC(=O)CN2CCC3CCCCC32)c1. The second kappa shape index (κ2) is 5.83. The quantitative estimate of drug-likeness (QED) is 0.832. The van der Waals surface area contributed by atoms with Gasteiger partial charge in [-0.15, -0.1) is 0 Å². The number of nitrogen functional groups attached to an aromatic ring is 1. The summed E-state index contributed by atoms with van der Waals surface area (Å²) in [5.41, 5.74) is 7.19. The van der Waals surface area contributed by atoms with Crippen LogP contribution in [0.3, 0.4) is 0 Å². The molecule has 0 aromatic heterocycles. The molecule has 1 amide bonds. The maximum absolute atomic E-state index is 12.2. The van der Waals surface area contributed by atoms with Crippen LogP contribution >= 0.6 is 0 Å². The summed E-state index contributed by atoms with van der Waals surface area (Å²) >= 11 is 0. The van der Waals surface area contributed by atoms with Crippen LogP contribution < -0.4 is 11.1 Å². The van der Waals surface area contributed by atoms with E-state index in [1.807, 2.05) is 18.2 Å². The number of hydrogen-bond acceptors (Lipinski definition) is 3. The molecule has 1 aromatic carbocycles. The zero-order chi connectivity index (χ0) is 13.9. The molecule has 2 aliphatic rings. The summed E-state index contributed by atoms with van der Waals surface area (Å²) < 4.78 is 0. The molecule has 1 aromatic rings. The third-order valence-corrected chi connectivity index (χ3v) is 4.64. The van der Waals surface area contributed by atoms with Crippen molar-refractivity contribution < 1.29 is 4.79 Å². The summed E-state index contributed by atoms with van der Waals surface area (Å²) in [4.78, 5) is 14.5. The number of anilines is 2. The van der Waals surface area contributed by atoms with Gasteiger partial charge >= 0.3 is 0 Å². The minimum Gasteiger partial charge on any atom is -0.399 e. The van der Waals surface area contributed by atoms with Crippen LogP contribution in [0.2, 0.25) is 0 Å². The van der Waals surface area contributed by atoms with Gasteiger partial charge in [-0.3, -0.25) is 9.69 Å². The molecule has 2 fully saturated rings. The number of carbonyl (C=O) groups is 1. The Bertz CT molecular complexity index is 488. The fourth-order valence-electron chi connectivity index (χ4n) is 3.70. The number of nitrogens with one attached hydrogen (secondary N) is 1. The smallest absolute Gasteiger partial charge is 0.238 e. The Morgan fingerprint density at radius 2 is 2.15 bits per heavy atom. The second-order valence-corrected chi connectivity index (χ2v) is 6.04. The van der Waals surface area contributed by atoms with Crippen molar-refractivity contribution in [1.82, 2.24) is 4.90 Å². The summed E-state index contributed by atoms with van der Waals surface area (Å²) in [5.74, 6) is 0.894. The topological polar surface area (TPSA) is 58.4 Å². The molecule has 4 nitrogen and oxygen atoms in total. The van der Waals surface area contributed by atoms with Crippen molar-refractivity contribution in [1.29, 1.82) is 0 Å². The Morgan fingerprint density at radius 3 is 3.00 bits per heavy atom. The van der Waals surface area contributed by atoms with Gasteiger partial charge in [-0.2, -0.15) is 0 Å². The molecule has 0 radical (unpaired) electrons. The van der Waals surface area contributed by atoms with Crippen molar-refractivity contribution in [3.63, 3.8) is 0 Å². The summed E-state index contributed by atoms with van der Waals surface area (Å²) in [7, 11) is 0. The van der Waals surface area contributed by atoms with Crippen LogP contribution in [0.5, 0.6) is 0 Å². The molecular weight excluding hydrogens is 250 g/mol. The van der Waals surface area contributed by atoms with E-state index in [-0.39, 0.29) is 5.91 Å². The summed E-state index contributed by atoms with van der Waals surface area (Å²) in [6.07, 6.45) is 6.55. The Balaban J connectivity index is 1.56. The number of fused-ring (bicyclic) bond motifs is 1. The maximum atomic E-state index is 12.2. The molecule has 1 saturated carbocycles. The molecule has 1 aliphatic heterocycles. The van der Waals surface area contributed by atoms with Gasteiger partial charge < -0.3 is 11.1 Å². The number of amides is 1. The molecule has 4 heteroatoms. The monoisotopic (exact) mass is 273 g/mol. The third-order valence-electron chi connectivity index (χ3n) is 4.64. The van der Waals surface area contributed by atoms with E-state index < -0.39 is 0 Å². The van der Waals surface area contributed by atoms with Crippen LogP contribution in [0.15, 0.2) is 24.3 Å². The number of nitrogens with zero attached hydrogens (tertiary/aromatic N) is 1. The zero-order valence-corrected chi connectivity index (χ0v) is 11.8. The Morgan fingerprint density at radius 1 is 1.30 bits per heavy atom. The van der Waals surface area contributed by atoms with E-state index in [1.54, 1.807) is 6.07 Å². The van der Waals surface area contributed by atoms with Crippen LogP contribution in [0.4, 0.5) is 11.4 Å². The lowest BCUT2D eigenvalue weighted by Gasteiger charge is -2.31. The highest BCUT2D eigenvalue weighted by Gasteiger charge is 2.36. The predicted octanol–water partition coefficient (Wildman–Crippen LogP) is 2.47. The van der Waals surface area contributed by atoms with Crippen LogP contribution in [0, 0.1) is 5.92 Å². The molecular formula is C16H23N3O. The maximum Gasteiger partial charge on any atom is 0.238 e. The van der Waals surface area contributed by atoms with E-state index in [4.69, 9.17) is 5.73 Å². The zero-order valence-electron chi connectivity index (χ0n) is 11.8. The molecule has 2 unspecified atom stereocenters. The third kappa shape index (κ3) is 2.96. The van der Waals surface area contributed by atoms with Gasteiger partial charge in [0.1, 0.15) is 0 Å². The summed E-state index contributed by atoms with van der Waals surface area (Å²) in [6, 6.07) is 7.99. The van der Waals surface area contributed by atoms with E-state index in [2.05, 4.69) is 10.2 Å². The van der Waals surface area contributed by atoms with Crippen LogP contribution in [-0.2, 0) is 4.79 Å². The molecule has 1 aliphatic carbocycles. The van der Waals surface area contributed by atoms with Gasteiger partial charge in [-0.05, 0) is 49.9 Å². The highest BCUT2D eigenvalue weighted by atomic mass is 16.2. The van der Waals surface area contributed by atoms with Gasteiger partial charge in [0.2, 0.25) is 5.91 Å².